The average molecular weight is 277 g/mol. The van der Waals surface area contributed by atoms with Crippen LogP contribution in [0, 0.1) is 11.3 Å². The molecule has 1 aliphatic rings. The fourth-order valence-corrected chi connectivity index (χ4v) is 2.98. The second-order valence-electron chi connectivity index (χ2n) is 4.39. The van der Waals surface area contributed by atoms with Crippen LogP contribution in [-0.2, 0) is 10.0 Å². The van der Waals surface area contributed by atoms with E-state index in [9.17, 15) is 8.42 Å². The topological polar surface area (TPSA) is 82.8 Å². The molecule has 6 heteroatoms. The van der Waals surface area contributed by atoms with Crippen molar-refractivity contribution in [3.63, 3.8) is 0 Å². The zero-order chi connectivity index (χ0) is 13.7. The lowest BCUT2D eigenvalue weighted by Gasteiger charge is -2.06. The van der Waals surface area contributed by atoms with Gasteiger partial charge in [0, 0.05) is 12.7 Å². The average Bonchev–Trinajstić information content (AvgIpc) is 2.92. The predicted molar refractivity (Wildman–Crippen MR) is 70.7 cm³/mol. The third kappa shape index (κ3) is 3.63. The lowest BCUT2D eigenvalue weighted by molar-refractivity contribution is 0.580. The van der Waals surface area contributed by atoms with E-state index in [-0.39, 0.29) is 10.6 Å². The number of nitrogens with zero attached hydrogens (tertiary/aromatic N) is 2. The molecule has 0 aliphatic heterocycles. The molecule has 0 saturated heterocycles. The minimum atomic E-state index is -3.53. The van der Waals surface area contributed by atoms with Crippen molar-refractivity contribution in [2.75, 3.05) is 6.54 Å². The van der Waals surface area contributed by atoms with E-state index in [1.807, 2.05) is 6.07 Å². The molecule has 1 N–H and O–H groups in total. The molecule has 0 aromatic carbocycles. The molecule has 5 nitrogen and oxygen atoms in total. The molecule has 0 amide bonds. The number of sulfonamides is 1. The molecule has 100 valence electrons. The van der Waals surface area contributed by atoms with Crippen LogP contribution < -0.4 is 4.72 Å². The van der Waals surface area contributed by atoms with Crippen LogP contribution in [0.2, 0.25) is 0 Å². The standard InChI is InChI=1S/C13H15N3O2S/c14-9-12-5-6-13(10-15-12)19(17,18)16-8-7-11-3-1-2-4-11/h3,5-6,10,16H,1-2,4,7-8H2. The Balaban J connectivity index is 1.95. The third-order valence-corrected chi connectivity index (χ3v) is 4.48. The lowest BCUT2D eigenvalue weighted by atomic mass is 10.2. The van der Waals surface area contributed by atoms with Gasteiger partial charge >= 0.3 is 0 Å². The Kier molecular flexibility index (Phi) is 4.30. The normalized spacial score (nSPS) is 15.0. The summed E-state index contributed by atoms with van der Waals surface area (Å²) in [5.41, 5.74) is 1.52. The fraction of sp³-hybridized carbons (Fsp3) is 0.385. The van der Waals surface area contributed by atoms with Gasteiger partial charge in [0.15, 0.2) is 0 Å². The van der Waals surface area contributed by atoms with Crippen molar-refractivity contribution >= 4 is 10.0 Å². The summed E-state index contributed by atoms with van der Waals surface area (Å²) in [5.74, 6) is 0. The van der Waals surface area contributed by atoms with Crippen LogP contribution in [0.5, 0.6) is 0 Å². The van der Waals surface area contributed by atoms with Crippen LogP contribution in [-0.4, -0.2) is 19.9 Å². The maximum absolute atomic E-state index is 12.0. The first-order valence-corrected chi connectivity index (χ1v) is 7.64. The Morgan fingerprint density at radius 1 is 1.42 bits per heavy atom. The Bertz CT molecular complexity index is 612. The maximum atomic E-state index is 12.0. The van der Waals surface area contributed by atoms with Gasteiger partial charge in [-0.25, -0.2) is 18.1 Å². The molecule has 0 spiro atoms. The Hall–Kier alpha value is -1.71. The minimum absolute atomic E-state index is 0.0897. The number of nitrogens with one attached hydrogen (secondary N) is 1. The zero-order valence-electron chi connectivity index (χ0n) is 10.5. The quantitative estimate of drug-likeness (QED) is 0.831. The summed E-state index contributed by atoms with van der Waals surface area (Å²) < 4.78 is 26.5. The SMILES string of the molecule is N#Cc1ccc(S(=O)(=O)NCCC2=CCCC2)cn1. The Morgan fingerprint density at radius 2 is 2.26 bits per heavy atom. The number of allylic oxidation sites excluding steroid dienone is 1. The highest BCUT2D eigenvalue weighted by Gasteiger charge is 2.14. The first-order chi connectivity index (χ1) is 9.12. The van der Waals surface area contributed by atoms with Crippen molar-refractivity contribution in [3.05, 3.63) is 35.7 Å². The highest BCUT2D eigenvalue weighted by Crippen LogP contribution is 2.20. The van der Waals surface area contributed by atoms with Crippen LogP contribution in [0.15, 0.2) is 34.9 Å². The number of rotatable bonds is 5. The van der Waals surface area contributed by atoms with Gasteiger partial charge < -0.3 is 0 Å². The van der Waals surface area contributed by atoms with Crippen molar-refractivity contribution in [2.24, 2.45) is 0 Å². The Labute approximate surface area is 113 Å². The largest absolute Gasteiger partial charge is 0.244 e. The molecule has 0 atom stereocenters. The summed E-state index contributed by atoms with van der Waals surface area (Å²) in [5, 5.41) is 8.61. The predicted octanol–water partition coefficient (Wildman–Crippen LogP) is 1.73. The second kappa shape index (κ2) is 5.95. The molecular weight excluding hydrogens is 262 g/mol. The van der Waals surface area contributed by atoms with Crippen LogP contribution in [0.3, 0.4) is 0 Å². The summed E-state index contributed by atoms with van der Waals surface area (Å²) in [6.45, 7) is 0.397. The van der Waals surface area contributed by atoms with Crippen molar-refractivity contribution in [1.82, 2.24) is 9.71 Å². The first-order valence-electron chi connectivity index (χ1n) is 6.15. The fourth-order valence-electron chi connectivity index (χ4n) is 2.00. The van der Waals surface area contributed by atoms with E-state index in [0.29, 0.717) is 6.54 Å². The lowest BCUT2D eigenvalue weighted by Crippen LogP contribution is -2.25. The van der Waals surface area contributed by atoms with Gasteiger partial charge in [0.25, 0.3) is 0 Å². The Morgan fingerprint density at radius 3 is 2.84 bits per heavy atom. The van der Waals surface area contributed by atoms with Gasteiger partial charge in [-0.05, 0) is 37.8 Å². The molecule has 19 heavy (non-hydrogen) atoms. The van der Waals surface area contributed by atoms with E-state index in [0.717, 1.165) is 19.3 Å². The smallest absolute Gasteiger partial charge is 0.242 e. The summed E-state index contributed by atoms with van der Waals surface area (Å²) in [4.78, 5) is 3.85. The van der Waals surface area contributed by atoms with Gasteiger partial charge in [-0.2, -0.15) is 5.26 Å². The molecule has 0 radical (unpaired) electrons. The summed E-state index contributed by atoms with van der Waals surface area (Å²) in [6, 6.07) is 4.64. The highest BCUT2D eigenvalue weighted by atomic mass is 32.2. The van der Waals surface area contributed by atoms with Gasteiger partial charge in [-0.3, -0.25) is 0 Å². The molecule has 2 rings (SSSR count). The van der Waals surface area contributed by atoms with Crippen molar-refractivity contribution in [1.29, 1.82) is 5.26 Å². The molecule has 0 saturated carbocycles. The van der Waals surface area contributed by atoms with Crippen molar-refractivity contribution in [3.8, 4) is 6.07 Å². The second-order valence-corrected chi connectivity index (χ2v) is 6.16. The van der Waals surface area contributed by atoms with Crippen LogP contribution in [0.4, 0.5) is 0 Å². The van der Waals surface area contributed by atoms with Gasteiger partial charge in [0.2, 0.25) is 10.0 Å². The van der Waals surface area contributed by atoms with E-state index in [2.05, 4.69) is 15.8 Å². The number of aromatic nitrogens is 1. The molecule has 1 aromatic heterocycles. The molecule has 0 fully saturated rings. The number of hydrogen-bond donors (Lipinski definition) is 1. The molecular formula is C13H15N3O2S. The van der Waals surface area contributed by atoms with E-state index in [1.165, 1.54) is 30.3 Å². The number of hydrogen-bond acceptors (Lipinski definition) is 4. The first kappa shape index (κ1) is 13.7. The molecule has 0 unspecified atom stereocenters. The van der Waals surface area contributed by atoms with Crippen LogP contribution in [0.25, 0.3) is 0 Å². The van der Waals surface area contributed by atoms with Gasteiger partial charge in [-0.1, -0.05) is 11.6 Å². The molecule has 1 aliphatic carbocycles. The van der Waals surface area contributed by atoms with E-state index < -0.39 is 10.0 Å². The van der Waals surface area contributed by atoms with E-state index in [1.54, 1.807) is 0 Å². The zero-order valence-corrected chi connectivity index (χ0v) is 11.3. The van der Waals surface area contributed by atoms with Crippen LogP contribution >= 0.6 is 0 Å². The maximum Gasteiger partial charge on any atom is 0.242 e. The van der Waals surface area contributed by atoms with Crippen LogP contribution in [0.1, 0.15) is 31.4 Å². The third-order valence-electron chi connectivity index (χ3n) is 3.03. The monoisotopic (exact) mass is 277 g/mol. The summed E-state index contributed by atoms with van der Waals surface area (Å²) in [6.07, 6.45) is 7.47. The van der Waals surface area contributed by atoms with Gasteiger partial charge in [-0.15, -0.1) is 0 Å². The van der Waals surface area contributed by atoms with Gasteiger partial charge in [0.05, 0.1) is 0 Å². The van der Waals surface area contributed by atoms with E-state index >= 15 is 0 Å². The van der Waals surface area contributed by atoms with Crippen molar-refractivity contribution in [2.45, 2.75) is 30.6 Å². The molecule has 1 aromatic rings. The minimum Gasteiger partial charge on any atom is -0.244 e. The highest BCUT2D eigenvalue weighted by molar-refractivity contribution is 7.89. The molecule has 1 heterocycles. The summed E-state index contributed by atoms with van der Waals surface area (Å²) in [7, 11) is -3.53. The van der Waals surface area contributed by atoms with Gasteiger partial charge in [0.1, 0.15) is 16.7 Å². The van der Waals surface area contributed by atoms with E-state index in [4.69, 9.17) is 5.26 Å². The van der Waals surface area contributed by atoms with Crippen molar-refractivity contribution < 1.29 is 8.42 Å². The number of pyridine rings is 1. The number of nitriles is 1. The summed E-state index contributed by atoms with van der Waals surface area (Å²) >= 11 is 0. The molecule has 0 bridgehead atoms.